The van der Waals surface area contributed by atoms with Gasteiger partial charge in [0, 0.05) is 5.54 Å². The Kier molecular flexibility index (Phi) is 4.35. The second-order valence-corrected chi connectivity index (χ2v) is 7.42. The average Bonchev–Trinajstić information content (AvgIpc) is 2.96. The fourth-order valence-corrected chi connectivity index (χ4v) is 2.60. The van der Waals surface area contributed by atoms with Gasteiger partial charge >= 0.3 is 0 Å². The molecule has 8 heteroatoms. The molecule has 1 N–H and O–H groups in total. The van der Waals surface area contributed by atoms with Gasteiger partial charge in [0.15, 0.2) is 11.2 Å². The van der Waals surface area contributed by atoms with Crippen molar-refractivity contribution in [2.75, 3.05) is 0 Å². The molecule has 0 aliphatic heterocycles. The molecule has 2 heterocycles. The molecule has 0 spiro atoms. The number of benzene rings is 1. The number of carbonyl (C=O) groups excluding carboxylic acids is 1. The molecular weight excluding hydrogens is 332 g/mol. The van der Waals surface area contributed by atoms with Gasteiger partial charge < -0.3 is 5.32 Å². The van der Waals surface area contributed by atoms with Crippen LogP contribution in [0.25, 0.3) is 16.9 Å². The molecule has 8 nitrogen and oxygen atoms in total. The average molecular weight is 354 g/mol. The van der Waals surface area contributed by atoms with Crippen LogP contribution in [0.5, 0.6) is 0 Å². The van der Waals surface area contributed by atoms with Gasteiger partial charge in [-0.25, -0.2) is 4.98 Å². The number of hydrogen-bond acceptors (Lipinski definition) is 5. The van der Waals surface area contributed by atoms with Gasteiger partial charge in [0.2, 0.25) is 5.91 Å². The minimum absolute atomic E-state index is 0.116. The minimum atomic E-state index is -0.394. The monoisotopic (exact) mass is 354 g/mol. The van der Waals surface area contributed by atoms with Gasteiger partial charge in [0.25, 0.3) is 5.56 Å². The van der Waals surface area contributed by atoms with Crippen molar-refractivity contribution in [3.63, 3.8) is 0 Å². The molecule has 0 saturated heterocycles. The number of aromatic nitrogens is 5. The van der Waals surface area contributed by atoms with Crippen molar-refractivity contribution in [3.8, 4) is 5.69 Å². The minimum Gasteiger partial charge on any atom is -0.350 e. The van der Waals surface area contributed by atoms with Gasteiger partial charge in [-0.15, -0.1) is 5.10 Å². The van der Waals surface area contributed by atoms with E-state index in [4.69, 9.17) is 0 Å². The van der Waals surface area contributed by atoms with Crippen molar-refractivity contribution in [1.82, 2.24) is 29.9 Å². The molecule has 0 atom stereocenters. The first kappa shape index (κ1) is 17.8. The number of carbonyl (C=O) groups is 1. The molecule has 0 radical (unpaired) electrons. The van der Waals surface area contributed by atoms with E-state index in [9.17, 15) is 9.59 Å². The zero-order valence-corrected chi connectivity index (χ0v) is 15.6. The predicted octanol–water partition coefficient (Wildman–Crippen LogP) is 1.51. The van der Waals surface area contributed by atoms with Crippen LogP contribution in [-0.2, 0) is 11.3 Å². The Morgan fingerprint density at radius 1 is 1.19 bits per heavy atom. The van der Waals surface area contributed by atoms with E-state index in [1.165, 1.54) is 21.1 Å². The zero-order chi connectivity index (χ0) is 19.1. The van der Waals surface area contributed by atoms with E-state index in [2.05, 4.69) is 20.6 Å². The first-order chi connectivity index (χ1) is 12.2. The SMILES string of the molecule is Cc1ccc(-n2nnc3c(=O)n(CC(=O)NC(C)(C)C)cnc32)cc1C. The van der Waals surface area contributed by atoms with Crippen LogP contribution in [0.2, 0.25) is 0 Å². The molecule has 0 saturated carbocycles. The Bertz CT molecular complexity index is 1040. The smallest absolute Gasteiger partial charge is 0.284 e. The summed E-state index contributed by atoms with van der Waals surface area (Å²) in [6.07, 6.45) is 1.35. The summed E-state index contributed by atoms with van der Waals surface area (Å²) in [6.45, 7) is 9.55. The van der Waals surface area contributed by atoms with Crippen molar-refractivity contribution < 1.29 is 4.79 Å². The maximum Gasteiger partial charge on any atom is 0.284 e. The molecule has 0 bridgehead atoms. The second kappa shape index (κ2) is 6.36. The molecular formula is C18H22N6O2. The first-order valence-electron chi connectivity index (χ1n) is 8.35. The molecule has 3 rings (SSSR count). The number of amides is 1. The molecule has 0 unspecified atom stereocenters. The van der Waals surface area contributed by atoms with E-state index in [-0.39, 0.29) is 23.5 Å². The van der Waals surface area contributed by atoms with Gasteiger partial charge in [0.05, 0.1) is 5.69 Å². The lowest BCUT2D eigenvalue weighted by molar-refractivity contribution is -0.123. The van der Waals surface area contributed by atoms with E-state index in [1.807, 2.05) is 52.8 Å². The van der Waals surface area contributed by atoms with E-state index in [0.29, 0.717) is 5.65 Å². The highest BCUT2D eigenvalue weighted by Crippen LogP contribution is 2.16. The number of nitrogens with one attached hydrogen (secondary N) is 1. The van der Waals surface area contributed by atoms with Gasteiger partial charge in [-0.2, -0.15) is 4.68 Å². The third kappa shape index (κ3) is 3.49. The topological polar surface area (TPSA) is 94.7 Å². The summed E-state index contributed by atoms with van der Waals surface area (Å²) in [7, 11) is 0. The molecule has 136 valence electrons. The fourth-order valence-electron chi connectivity index (χ4n) is 2.60. The standard InChI is InChI=1S/C18H22N6O2/c1-11-6-7-13(8-12(11)2)24-16-15(21-22-24)17(26)23(10-19-16)9-14(25)20-18(3,4)5/h6-8,10H,9H2,1-5H3,(H,20,25). The Labute approximate surface area is 150 Å². The van der Waals surface area contributed by atoms with Crippen LogP contribution in [0.4, 0.5) is 0 Å². The summed E-state index contributed by atoms with van der Waals surface area (Å²) in [6, 6.07) is 5.85. The molecule has 1 amide bonds. The van der Waals surface area contributed by atoms with Crippen LogP contribution in [0.15, 0.2) is 29.3 Å². The number of nitrogens with zero attached hydrogens (tertiary/aromatic N) is 5. The quantitative estimate of drug-likeness (QED) is 0.769. The summed E-state index contributed by atoms with van der Waals surface area (Å²) in [5, 5.41) is 10.9. The van der Waals surface area contributed by atoms with Crippen LogP contribution >= 0.6 is 0 Å². The lowest BCUT2D eigenvalue weighted by atomic mass is 10.1. The molecule has 1 aromatic carbocycles. The lowest BCUT2D eigenvalue weighted by Crippen LogP contribution is -2.43. The second-order valence-electron chi connectivity index (χ2n) is 7.42. The number of aryl methyl sites for hydroxylation is 2. The van der Waals surface area contributed by atoms with E-state index < -0.39 is 5.56 Å². The van der Waals surface area contributed by atoms with Crippen LogP contribution in [0.3, 0.4) is 0 Å². The first-order valence-corrected chi connectivity index (χ1v) is 8.35. The van der Waals surface area contributed by atoms with Gasteiger partial charge in [-0.1, -0.05) is 11.3 Å². The summed E-state index contributed by atoms with van der Waals surface area (Å²) in [5.74, 6) is -0.262. The molecule has 3 aromatic rings. The summed E-state index contributed by atoms with van der Waals surface area (Å²) in [5.41, 5.74) is 2.79. The maximum atomic E-state index is 12.6. The van der Waals surface area contributed by atoms with Crippen LogP contribution < -0.4 is 10.9 Å². The maximum absolute atomic E-state index is 12.6. The number of hydrogen-bond donors (Lipinski definition) is 1. The van der Waals surface area contributed by atoms with Crippen LogP contribution in [-0.4, -0.2) is 36.0 Å². The van der Waals surface area contributed by atoms with Crippen molar-refractivity contribution >= 4 is 17.1 Å². The van der Waals surface area contributed by atoms with Crippen molar-refractivity contribution in [2.24, 2.45) is 0 Å². The summed E-state index contributed by atoms with van der Waals surface area (Å²) in [4.78, 5) is 29.0. The molecule has 0 fully saturated rings. The molecule has 0 aliphatic carbocycles. The highest BCUT2D eigenvalue weighted by Gasteiger charge is 2.17. The molecule has 26 heavy (non-hydrogen) atoms. The Balaban J connectivity index is 1.98. The van der Waals surface area contributed by atoms with Crippen molar-refractivity contribution in [2.45, 2.75) is 46.7 Å². The highest BCUT2D eigenvalue weighted by atomic mass is 16.2. The van der Waals surface area contributed by atoms with Gasteiger partial charge in [-0.3, -0.25) is 14.2 Å². The largest absolute Gasteiger partial charge is 0.350 e. The van der Waals surface area contributed by atoms with Gasteiger partial charge in [0.1, 0.15) is 12.9 Å². The Hall–Kier alpha value is -3.03. The molecule has 2 aromatic heterocycles. The zero-order valence-electron chi connectivity index (χ0n) is 15.6. The van der Waals surface area contributed by atoms with Crippen LogP contribution in [0, 0.1) is 13.8 Å². The van der Waals surface area contributed by atoms with E-state index >= 15 is 0 Å². The summed E-state index contributed by atoms with van der Waals surface area (Å²) >= 11 is 0. The molecule has 0 aliphatic rings. The van der Waals surface area contributed by atoms with Gasteiger partial charge in [-0.05, 0) is 57.9 Å². The van der Waals surface area contributed by atoms with E-state index in [1.54, 1.807) is 0 Å². The lowest BCUT2D eigenvalue weighted by Gasteiger charge is -2.20. The highest BCUT2D eigenvalue weighted by molar-refractivity contribution is 5.77. The summed E-state index contributed by atoms with van der Waals surface area (Å²) < 4.78 is 2.77. The van der Waals surface area contributed by atoms with Crippen molar-refractivity contribution in [3.05, 3.63) is 46.0 Å². The third-order valence-corrected chi connectivity index (χ3v) is 3.99. The van der Waals surface area contributed by atoms with E-state index in [0.717, 1.165) is 11.3 Å². The third-order valence-electron chi connectivity index (χ3n) is 3.99. The predicted molar refractivity (Wildman–Crippen MR) is 98.3 cm³/mol. The Morgan fingerprint density at radius 3 is 2.58 bits per heavy atom. The van der Waals surface area contributed by atoms with Crippen LogP contribution in [0.1, 0.15) is 31.9 Å². The fraction of sp³-hybridized carbons (Fsp3) is 0.389. The van der Waals surface area contributed by atoms with Crippen molar-refractivity contribution in [1.29, 1.82) is 0 Å². The normalized spacial score (nSPS) is 11.7. The Morgan fingerprint density at radius 2 is 1.92 bits per heavy atom. The number of fused-ring (bicyclic) bond motifs is 1. The number of rotatable bonds is 3.